The maximum absolute atomic E-state index is 12.7. The van der Waals surface area contributed by atoms with Gasteiger partial charge in [-0.05, 0) is 25.7 Å². The predicted molar refractivity (Wildman–Crippen MR) is 89.6 cm³/mol. The number of rotatable bonds is 4. The van der Waals surface area contributed by atoms with Gasteiger partial charge in [0.15, 0.2) is 16.9 Å². The molecule has 0 radical (unpaired) electrons. The van der Waals surface area contributed by atoms with Gasteiger partial charge in [0.05, 0.1) is 12.4 Å². The molecule has 24 heavy (non-hydrogen) atoms. The van der Waals surface area contributed by atoms with Crippen LogP contribution < -0.4 is 11.3 Å². The van der Waals surface area contributed by atoms with Gasteiger partial charge in [0.1, 0.15) is 19.6 Å². The van der Waals surface area contributed by atoms with Crippen LogP contribution in [0.2, 0.25) is 0 Å². The van der Waals surface area contributed by atoms with E-state index >= 15 is 0 Å². The standard InChI is InChI=1S/C14H20N5O4P/c1-7-4-8(10(20)11(7)23-6-24(2,3)22)19-5-16-9-12(19)17-14(15)18-13(9)21/h5,7-8,11H,4,6H2,1-3H3,(H3,15,17,18,21)/t7-,8+,11-/m1/s1. The molecular formula is C14H20N5O4P. The SMILES string of the molecule is C[C@@H]1C[C@H](n2cnc3c(=O)[nH]c(N)nc32)C(=O)[C@@H]1OCP(C)(C)=O. The second-order valence-corrected chi connectivity index (χ2v) is 10.1. The lowest BCUT2D eigenvalue weighted by Gasteiger charge is -2.17. The Balaban J connectivity index is 1.93. The summed E-state index contributed by atoms with van der Waals surface area (Å²) in [5.41, 5.74) is 5.56. The van der Waals surface area contributed by atoms with Crippen molar-refractivity contribution in [2.75, 3.05) is 25.4 Å². The Hall–Kier alpha value is -1.99. The average molecular weight is 353 g/mol. The Labute approximate surface area is 138 Å². The van der Waals surface area contributed by atoms with Crippen molar-refractivity contribution in [3.8, 4) is 0 Å². The molecule has 0 amide bonds. The van der Waals surface area contributed by atoms with E-state index in [2.05, 4.69) is 15.0 Å². The number of ether oxygens (including phenoxy) is 1. The van der Waals surface area contributed by atoms with Crippen molar-refractivity contribution in [2.45, 2.75) is 25.5 Å². The van der Waals surface area contributed by atoms with E-state index in [1.165, 1.54) is 6.33 Å². The number of hydrogen-bond acceptors (Lipinski definition) is 7. The molecule has 0 spiro atoms. The number of aromatic nitrogens is 4. The van der Waals surface area contributed by atoms with E-state index in [4.69, 9.17) is 10.5 Å². The third-order valence-corrected chi connectivity index (χ3v) is 4.84. The molecule has 10 heteroatoms. The van der Waals surface area contributed by atoms with Gasteiger partial charge in [0, 0.05) is 0 Å². The summed E-state index contributed by atoms with van der Waals surface area (Å²) in [7, 11) is -2.37. The van der Waals surface area contributed by atoms with Crippen molar-refractivity contribution in [3.63, 3.8) is 0 Å². The molecule has 2 heterocycles. The Kier molecular flexibility index (Phi) is 4.09. The van der Waals surface area contributed by atoms with Crippen LogP contribution in [0.15, 0.2) is 11.1 Å². The number of aromatic amines is 1. The first-order chi connectivity index (χ1) is 11.2. The monoisotopic (exact) mass is 353 g/mol. The molecule has 0 aliphatic heterocycles. The van der Waals surface area contributed by atoms with E-state index in [1.54, 1.807) is 17.9 Å². The predicted octanol–water partition coefficient (Wildman–Crippen LogP) is 0.817. The minimum absolute atomic E-state index is 0.0292. The molecule has 1 saturated carbocycles. The lowest BCUT2D eigenvalue weighted by molar-refractivity contribution is -0.129. The average Bonchev–Trinajstić information content (AvgIpc) is 2.98. The summed E-state index contributed by atoms with van der Waals surface area (Å²) in [6, 6.07) is -0.531. The summed E-state index contributed by atoms with van der Waals surface area (Å²) in [5.74, 6) is -0.194. The molecule has 2 aromatic rings. The molecule has 0 bridgehead atoms. The number of carbonyl (C=O) groups excluding carboxylic acids is 1. The number of Topliss-reactive ketones (excluding diaryl/α,β-unsaturated/α-hetero) is 1. The number of nitrogens with zero attached hydrogens (tertiary/aromatic N) is 3. The van der Waals surface area contributed by atoms with Crippen LogP contribution in [-0.2, 0) is 14.1 Å². The zero-order valence-corrected chi connectivity index (χ0v) is 14.6. The first-order valence-corrected chi connectivity index (χ1v) is 10.4. The molecule has 3 rings (SSSR count). The Bertz CT molecular complexity index is 898. The van der Waals surface area contributed by atoms with Crippen LogP contribution in [0.4, 0.5) is 5.95 Å². The Morgan fingerprint density at radius 1 is 1.46 bits per heavy atom. The quantitative estimate of drug-likeness (QED) is 0.777. The van der Waals surface area contributed by atoms with Crippen molar-refractivity contribution in [1.82, 2.24) is 19.5 Å². The van der Waals surface area contributed by atoms with Gasteiger partial charge < -0.3 is 19.6 Å². The summed E-state index contributed by atoms with van der Waals surface area (Å²) in [6.07, 6.45) is 1.39. The third kappa shape index (κ3) is 3.01. The number of anilines is 1. The van der Waals surface area contributed by atoms with Crippen LogP contribution in [0.5, 0.6) is 0 Å². The summed E-state index contributed by atoms with van der Waals surface area (Å²) in [5, 5.41) is 0. The van der Waals surface area contributed by atoms with Gasteiger partial charge in [0.2, 0.25) is 5.95 Å². The van der Waals surface area contributed by atoms with E-state index in [9.17, 15) is 14.2 Å². The van der Waals surface area contributed by atoms with Crippen LogP contribution in [0.1, 0.15) is 19.4 Å². The van der Waals surface area contributed by atoms with E-state index in [-0.39, 0.29) is 35.2 Å². The summed E-state index contributed by atoms with van der Waals surface area (Å²) in [6.45, 7) is 5.15. The number of carbonyl (C=O) groups is 1. The van der Waals surface area contributed by atoms with Gasteiger partial charge in [-0.1, -0.05) is 6.92 Å². The van der Waals surface area contributed by atoms with Crippen LogP contribution in [0.3, 0.4) is 0 Å². The number of ketones is 1. The van der Waals surface area contributed by atoms with E-state index in [0.717, 1.165) is 0 Å². The summed E-state index contributed by atoms with van der Waals surface area (Å²) in [4.78, 5) is 35.1. The largest absolute Gasteiger partial charge is 0.369 e. The van der Waals surface area contributed by atoms with E-state index in [0.29, 0.717) is 6.42 Å². The minimum atomic E-state index is -2.37. The molecule has 3 N–H and O–H groups in total. The molecule has 0 saturated heterocycles. The second-order valence-electron chi connectivity index (χ2n) is 6.70. The van der Waals surface area contributed by atoms with Crippen molar-refractivity contribution in [3.05, 3.63) is 16.7 Å². The smallest absolute Gasteiger partial charge is 0.280 e. The summed E-state index contributed by atoms with van der Waals surface area (Å²) < 4.78 is 19.0. The lowest BCUT2D eigenvalue weighted by Crippen LogP contribution is -2.27. The Morgan fingerprint density at radius 2 is 2.17 bits per heavy atom. The van der Waals surface area contributed by atoms with Gasteiger partial charge in [-0.2, -0.15) is 4.98 Å². The highest BCUT2D eigenvalue weighted by atomic mass is 31.2. The fourth-order valence-electron chi connectivity index (χ4n) is 2.99. The van der Waals surface area contributed by atoms with Crippen LogP contribution in [-0.4, -0.2) is 51.1 Å². The van der Waals surface area contributed by atoms with Crippen LogP contribution in [0, 0.1) is 5.92 Å². The number of nitrogens with one attached hydrogen (secondary N) is 1. The maximum atomic E-state index is 12.7. The van der Waals surface area contributed by atoms with Crippen LogP contribution in [0.25, 0.3) is 11.2 Å². The fourth-order valence-corrected chi connectivity index (χ4v) is 3.51. The zero-order valence-electron chi connectivity index (χ0n) is 13.7. The number of hydrogen-bond donors (Lipinski definition) is 2. The number of fused-ring (bicyclic) bond motifs is 1. The molecular weight excluding hydrogens is 333 g/mol. The van der Waals surface area contributed by atoms with Gasteiger partial charge in [-0.3, -0.25) is 14.6 Å². The lowest BCUT2D eigenvalue weighted by atomic mass is 10.1. The number of nitrogens with two attached hydrogens (primary N) is 1. The molecule has 1 fully saturated rings. The zero-order chi connectivity index (χ0) is 17.6. The molecule has 0 aromatic carbocycles. The third-order valence-electron chi connectivity index (χ3n) is 4.07. The number of nitrogen functional groups attached to an aromatic ring is 1. The van der Waals surface area contributed by atoms with E-state index < -0.39 is 24.8 Å². The molecule has 9 nitrogen and oxygen atoms in total. The van der Waals surface area contributed by atoms with Gasteiger partial charge in [-0.25, -0.2) is 4.98 Å². The van der Waals surface area contributed by atoms with Gasteiger partial charge >= 0.3 is 0 Å². The minimum Gasteiger partial charge on any atom is -0.369 e. The van der Waals surface area contributed by atoms with Gasteiger partial charge in [0.25, 0.3) is 5.56 Å². The van der Waals surface area contributed by atoms with E-state index in [1.807, 2.05) is 6.92 Å². The van der Waals surface area contributed by atoms with Crippen molar-refractivity contribution in [2.24, 2.45) is 5.92 Å². The maximum Gasteiger partial charge on any atom is 0.280 e. The molecule has 1 aliphatic carbocycles. The molecule has 0 unspecified atom stereocenters. The first-order valence-electron chi connectivity index (χ1n) is 7.59. The highest BCUT2D eigenvalue weighted by molar-refractivity contribution is 7.62. The number of imidazole rings is 1. The number of H-pyrrole nitrogens is 1. The van der Waals surface area contributed by atoms with Gasteiger partial charge in [-0.15, -0.1) is 0 Å². The molecule has 1 aliphatic rings. The first kappa shape index (κ1) is 16.9. The highest BCUT2D eigenvalue weighted by Gasteiger charge is 2.42. The Morgan fingerprint density at radius 3 is 2.83 bits per heavy atom. The molecule has 2 aromatic heterocycles. The summed E-state index contributed by atoms with van der Waals surface area (Å²) >= 11 is 0. The van der Waals surface area contributed by atoms with Crippen molar-refractivity contribution < 1.29 is 14.1 Å². The van der Waals surface area contributed by atoms with Crippen LogP contribution >= 0.6 is 7.14 Å². The second kappa shape index (κ2) is 5.82. The highest BCUT2D eigenvalue weighted by Crippen LogP contribution is 2.40. The molecule has 130 valence electrons. The van der Waals surface area contributed by atoms with Crippen molar-refractivity contribution >= 4 is 30.0 Å². The topological polar surface area (TPSA) is 133 Å². The normalized spacial score (nSPS) is 24.8. The van der Waals surface area contributed by atoms with Crippen molar-refractivity contribution in [1.29, 1.82) is 0 Å². The molecule has 3 atom stereocenters. The fraction of sp³-hybridized carbons (Fsp3) is 0.571.